The van der Waals surface area contributed by atoms with Crippen LogP contribution in [0.15, 0.2) is 41.0 Å². The summed E-state index contributed by atoms with van der Waals surface area (Å²) in [7, 11) is 0. The van der Waals surface area contributed by atoms with E-state index in [0.29, 0.717) is 5.56 Å². The highest BCUT2D eigenvalue weighted by molar-refractivity contribution is 9.10. The number of benzene rings is 1. The molecule has 0 radical (unpaired) electrons. The van der Waals surface area contributed by atoms with Gasteiger partial charge in [-0.1, -0.05) is 15.9 Å². The molecule has 0 bridgehead atoms. The predicted molar refractivity (Wildman–Crippen MR) is 97.1 cm³/mol. The number of rotatable bonds is 3. The molecular formula is C18H20BrN3O. The van der Waals surface area contributed by atoms with Gasteiger partial charge in [-0.3, -0.25) is 4.79 Å². The first kappa shape index (κ1) is 16.0. The van der Waals surface area contributed by atoms with E-state index in [-0.39, 0.29) is 5.91 Å². The lowest BCUT2D eigenvalue weighted by atomic mass is 10.1. The second-order valence-electron chi connectivity index (χ2n) is 5.86. The number of nitrogens with zero attached hydrogens (tertiary/aromatic N) is 2. The molecule has 1 aromatic carbocycles. The Bertz CT molecular complexity index is 711. The van der Waals surface area contributed by atoms with Crippen molar-refractivity contribution in [1.82, 2.24) is 4.98 Å². The van der Waals surface area contributed by atoms with E-state index in [0.717, 1.165) is 34.6 Å². The zero-order chi connectivity index (χ0) is 16.2. The Kier molecular flexibility index (Phi) is 4.96. The van der Waals surface area contributed by atoms with E-state index in [2.05, 4.69) is 31.1 Å². The van der Waals surface area contributed by atoms with Crippen LogP contribution in [0.1, 0.15) is 35.2 Å². The van der Waals surface area contributed by atoms with Crippen LogP contribution in [-0.4, -0.2) is 24.0 Å². The molecule has 0 spiro atoms. The summed E-state index contributed by atoms with van der Waals surface area (Å²) in [6, 6.07) is 9.46. The van der Waals surface area contributed by atoms with E-state index < -0.39 is 0 Å². The molecule has 120 valence electrons. The molecule has 1 N–H and O–H groups in total. The molecule has 0 unspecified atom stereocenters. The number of aromatic nitrogens is 1. The predicted octanol–water partition coefficient (Wildman–Crippen LogP) is 4.40. The molecule has 0 aliphatic carbocycles. The molecular weight excluding hydrogens is 354 g/mol. The fourth-order valence-electron chi connectivity index (χ4n) is 2.82. The molecule has 5 heteroatoms. The summed E-state index contributed by atoms with van der Waals surface area (Å²) in [5.74, 6) is 0.793. The number of amides is 1. The lowest BCUT2D eigenvalue weighted by Crippen LogP contribution is -2.30. The van der Waals surface area contributed by atoms with Gasteiger partial charge in [0.1, 0.15) is 5.82 Å². The smallest absolute Gasteiger partial charge is 0.255 e. The van der Waals surface area contributed by atoms with Crippen molar-refractivity contribution in [3.05, 3.63) is 52.1 Å². The Balaban J connectivity index is 1.76. The van der Waals surface area contributed by atoms with Gasteiger partial charge in [-0.05, 0) is 62.1 Å². The molecule has 1 saturated heterocycles. The molecule has 1 aliphatic rings. The van der Waals surface area contributed by atoms with Gasteiger partial charge in [0, 0.05) is 35.0 Å². The van der Waals surface area contributed by atoms with Crippen LogP contribution in [0.5, 0.6) is 0 Å². The van der Waals surface area contributed by atoms with Crippen molar-refractivity contribution in [3.8, 4) is 0 Å². The van der Waals surface area contributed by atoms with Gasteiger partial charge in [-0.25, -0.2) is 4.98 Å². The van der Waals surface area contributed by atoms with Crippen LogP contribution in [0.3, 0.4) is 0 Å². The SMILES string of the molecule is Cc1cc(Br)ccc1NC(=O)c1ccnc(N2CCCCC2)c1. The molecule has 1 amide bonds. The third-order valence-electron chi connectivity index (χ3n) is 4.12. The molecule has 3 rings (SSSR count). The van der Waals surface area contributed by atoms with Gasteiger partial charge in [0.15, 0.2) is 0 Å². The van der Waals surface area contributed by atoms with Crippen LogP contribution in [0.25, 0.3) is 0 Å². The summed E-state index contributed by atoms with van der Waals surface area (Å²) in [4.78, 5) is 19.2. The average Bonchev–Trinajstić information content (AvgIpc) is 2.58. The van der Waals surface area contributed by atoms with Gasteiger partial charge in [0.25, 0.3) is 5.91 Å². The minimum absolute atomic E-state index is 0.101. The number of pyridine rings is 1. The number of hydrogen-bond acceptors (Lipinski definition) is 3. The number of piperidine rings is 1. The van der Waals surface area contributed by atoms with E-state index in [4.69, 9.17) is 0 Å². The molecule has 23 heavy (non-hydrogen) atoms. The Labute approximate surface area is 145 Å². The van der Waals surface area contributed by atoms with Crippen molar-refractivity contribution in [1.29, 1.82) is 0 Å². The average molecular weight is 374 g/mol. The van der Waals surface area contributed by atoms with E-state index in [9.17, 15) is 4.79 Å². The van der Waals surface area contributed by atoms with E-state index in [1.807, 2.05) is 31.2 Å². The normalized spacial score (nSPS) is 14.6. The van der Waals surface area contributed by atoms with E-state index in [1.54, 1.807) is 12.3 Å². The van der Waals surface area contributed by atoms with Crippen LogP contribution >= 0.6 is 15.9 Å². The lowest BCUT2D eigenvalue weighted by Gasteiger charge is -2.27. The first-order valence-electron chi connectivity index (χ1n) is 7.92. The molecule has 0 saturated carbocycles. The van der Waals surface area contributed by atoms with Gasteiger partial charge >= 0.3 is 0 Å². The molecule has 0 atom stereocenters. The molecule has 2 heterocycles. The zero-order valence-electron chi connectivity index (χ0n) is 13.2. The minimum atomic E-state index is -0.101. The zero-order valence-corrected chi connectivity index (χ0v) is 14.8. The standard InChI is InChI=1S/C18H20BrN3O/c1-13-11-15(19)5-6-16(13)21-18(23)14-7-8-20-17(12-14)22-9-3-2-4-10-22/h5-8,11-12H,2-4,9-10H2,1H3,(H,21,23). The lowest BCUT2D eigenvalue weighted by molar-refractivity contribution is 0.102. The van der Waals surface area contributed by atoms with Crippen molar-refractivity contribution in [2.75, 3.05) is 23.3 Å². The third-order valence-corrected chi connectivity index (χ3v) is 4.62. The van der Waals surface area contributed by atoms with Crippen molar-refractivity contribution in [2.24, 2.45) is 0 Å². The highest BCUT2D eigenvalue weighted by Gasteiger charge is 2.14. The highest BCUT2D eigenvalue weighted by atomic mass is 79.9. The Morgan fingerprint density at radius 2 is 1.96 bits per heavy atom. The number of aryl methyl sites for hydroxylation is 1. The van der Waals surface area contributed by atoms with Crippen molar-refractivity contribution >= 4 is 33.3 Å². The fourth-order valence-corrected chi connectivity index (χ4v) is 3.29. The van der Waals surface area contributed by atoms with Crippen LogP contribution in [0.4, 0.5) is 11.5 Å². The first-order chi connectivity index (χ1) is 11.1. The summed E-state index contributed by atoms with van der Waals surface area (Å²) in [5.41, 5.74) is 2.50. The summed E-state index contributed by atoms with van der Waals surface area (Å²) < 4.78 is 1.00. The third kappa shape index (κ3) is 3.91. The maximum Gasteiger partial charge on any atom is 0.255 e. The Morgan fingerprint density at radius 1 is 1.17 bits per heavy atom. The molecule has 2 aromatic rings. The van der Waals surface area contributed by atoms with Crippen LogP contribution in [-0.2, 0) is 0 Å². The number of carbonyl (C=O) groups excluding carboxylic acids is 1. The fraction of sp³-hybridized carbons (Fsp3) is 0.333. The number of anilines is 2. The summed E-state index contributed by atoms with van der Waals surface area (Å²) >= 11 is 3.43. The quantitative estimate of drug-likeness (QED) is 0.867. The van der Waals surface area contributed by atoms with E-state index >= 15 is 0 Å². The number of hydrogen-bond donors (Lipinski definition) is 1. The van der Waals surface area contributed by atoms with Crippen molar-refractivity contribution in [3.63, 3.8) is 0 Å². The second kappa shape index (κ2) is 7.13. The largest absolute Gasteiger partial charge is 0.357 e. The Hall–Kier alpha value is -1.88. The van der Waals surface area contributed by atoms with Crippen LogP contribution in [0.2, 0.25) is 0 Å². The van der Waals surface area contributed by atoms with Gasteiger partial charge in [0.2, 0.25) is 0 Å². The first-order valence-corrected chi connectivity index (χ1v) is 8.71. The molecule has 1 fully saturated rings. The van der Waals surface area contributed by atoms with Crippen molar-refractivity contribution < 1.29 is 4.79 Å². The molecule has 4 nitrogen and oxygen atoms in total. The van der Waals surface area contributed by atoms with E-state index in [1.165, 1.54) is 19.3 Å². The van der Waals surface area contributed by atoms with Gasteiger partial charge in [0.05, 0.1) is 0 Å². The highest BCUT2D eigenvalue weighted by Crippen LogP contribution is 2.22. The van der Waals surface area contributed by atoms with Crippen LogP contribution < -0.4 is 10.2 Å². The van der Waals surface area contributed by atoms with Gasteiger partial charge < -0.3 is 10.2 Å². The van der Waals surface area contributed by atoms with Crippen molar-refractivity contribution in [2.45, 2.75) is 26.2 Å². The van der Waals surface area contributed by atoms with Gasteiger partial charge in [-0.2, -0.15) is 0 Å². The van der Waals surface area contributed by atoms with Gasteiger partial charge in [-0.15, -0.1) is 0 Å². The molecule has 1 aromatic heterocycles. The number of nitrogens with one attached hydrogen (secondary N) is 1. The summed E-state index contributed by atoms with van der Waals surface area (Å²) in [6.45, 7) is 4.01. The monoisotopic (exact) mass is 373 g/mol. The van der Waals surface area contributed by atoms with Crippen LogP contribution in [0, 0.1) is 6.92 Å². The number of carbonyl (C=O) groups is 1. The Morgan fingerprint density at radius 3 is 2.70 bits per heavy atom. The minimum Gasteiger partial charge on any atom is -0.357 e. The maximum atomic E-state index is 12.5. The summed E-state index contributed by atoms with van der Waals surface area (Å²) in [5, 5.41) is 2.98. The summed E-state index contributed by atoms with van der Waals surface area (Å²) in [6.07, 6.45) is 5.37. The second-order valence-corrected chi connectivity index (χ2v) is 6.78. The number of halogens is 1. The molecule has 1 aliphatic heterocycles. The maximum absolute atomic E-state index is 12.5. The topological polar surface area (TPSA) is 45.2 Å².